The summed E-state index contributed by atoms with van der Waals surface area (Å²) < 4.78 is 0. The maximum Gasteiger partial charge on any atom is 0.319 e. The highest BCUT2D eigenvalue weighted by atomic mass is 16.4. The van der Waals surface area contributed by atoms with Gasteiger partial charge >= 0.3 is 12.0 Å². The van der Waals surface area contributed by atoms with Gasteiger partial charge in [-0.3, -0.25) is 4.79 Å². The van der Waals surface area contributed by atoms with Crippen LogP contribution in [0, 0.1) is 5.92 Å². The average Bonchev–Trinajstić information content (AvgIpc) is 2.41. The Morgan fingerprint density at radius 2 is 1.90 bits per heavy atom. The van der Waals surface area contributed by atoms with E-state index in [0.717, 1.165) is 19.3 Å². The molecule has 21 heavy (non-hydrogen) atoms. The third kappa shape index (κ3) is 3.31. The molecule has 0 spiro atoms. The van der Waals surface area contributed by atoms with E-state index in [9.17, 15) is 9.59 Å². The van der Waals surface area contributed by atoms with Gasteiger partial charge in [0.1, 0.15) is 0 Å². The third-order valence-electron chi connectivity index (χ3n) is 5.13. The minimum atomic E-state index is -0.793. The lowest BCUT2D eigenvalue weighted by molar-refractivity contribution is -0.143. The monoisotopic (exact) mass is 297 g/mol. The van der Waals surface area contributed by atoms with Gasteiger partial charge in [0.05, 0.1) is 5.92 Å². The number of nitrogens with zero attached hydrogens (tertiary/aromatic N) is 3. The number of carbonyl (C=O) groups is 2. The first-order chi connectivity index (χ1) is 9.85. The molecule has 0 bridgehead atoms. The molecule has 2 amide bonds. The summed E-state index contributed by atoms with van der Waals surface area (Å²) in [6, 6.07) is -0.0333. The maximum atomic E-state index is 12.5. The second kappa shape index (κ2) is 6.22. The topological polar surface area (TPSA) is 64.1 Å². The van der Waals surface area contributed by atoms with Gasteiger partial charge in [0.15, 0.2) is 0 Å². The molecule has 1 saturated carbocycles. The van der Waals surface area contributed by atoms with Gasteiger partial charge in [-0.15, -0.1) is 0 Å². The molecule has 0 radical (unpaired) electrons. The lowest BCUT2D eigenvalue weighted by Crippen LogP contribution is -2.59. The van der Waals surface area contributed by atoms with E-state index in [2.05, 4.69) is 19.0 Å². The number of carbonyl (C=O) groups excluding carboxylic acids is 1. The average molecular weight is 297 g/mol. The van der Waals surface area contributed by atoms with Crippen molar-refractivity contribution in [2.45, 2.75) is 37.6 Å². The number of carboxylic acid groups (broad SMARTS) is 1. The number of likely N-dealkylation sites (N-methyl/N-ethyl adjacent to an activating group) is 2. The molecule has 1 atom stereocenters. The highest BCUT2D eigenvalue weighted by Crippen LogP contribution is 2.36. The number of rotatable bonds is 4. The number of urea groups is 1. The first-order valence-corrected chi connectivity index (χ1v) is 7.76. The van der Waals surface area contributed by atoms with Gasteiger partial charge in [-0.1, -0.05) is 0 Å². The highest BCUT2D eigenvalue weighted by Gasteiger charge is 2.41. The first-order valence-electron chi connectivity index (χ1n) is 7.76. The van der Waals surface area contributed by atoms with Gasteiger partial charge in [0.25, 0.3) is 0 Å². The van der Waals surface area contributed by atoms with Crippen molar-refractivity contribution in [2.24, 2.45) is 5.92 Å². The summed E-state index contributed by atoms with van der Waals surface area (Å²) in [5.74, 6) is -1.21. The quantitative estimate of drug-likeness (QED) is 0.850. The number of likely N-dealkylation sites (tertiary alicyclic amines) is 1. The predicted molar refractivity (Wildman–Crippen MR) is 80.2 cm³/mol. The molecule has 6 heteroatoms. The highest BCUT2D eigenvalue weighted by molar-refractivity contribution is 5.76. The molecule has 120 valence electrons. The van der Waals surface area contributed by atoms with Crippen LogP contribution in [-0.4, -0.2) is 78.1 Å². The Morgan fingerprint density at radius 1 is 1.24 bits per heavy atom. The number of amides is 2. The van der Waals surface area contributed by atoms with E-state index in [4.69, 9.17) is 5.11 Å². The van der Waals surface area contributed by atoms with E-state index in [1.165, 1.54) is 6.42 Å². The van der Waals surface area contributed by atoms with Crippen LogP contribution in [0.3, 0.4) is 0 Å². The SMILES string of the molecule is CN(CC1(N(C)C)CCC1)C(=O)N1CCCC(C(=O)O)C1. The predicted octanol–water partition coefficient (Wildman–Crippen LogP) is 1.32. The minimum absolute atomic E-state index is 0.0333. The molecule has 2 aliphatic rings. The number of carboxylic acids is 1. The molecule has 0 aromatic carbocycles. The lowest BCUT2D eigenvalue weighted by Gasteiger charge is -2.49. The fraction of sp³-hybridized carbons (Fsp3) is 0.867. The molecular formula is C15H27N3O3. The molecule has 2 rings (SSSR count). The van der Waals surface area contributed by atoms with Crippen LogP contribution in [0.25, 0.3) is 0 Å². The van der Waals surface area contributed by atoms with Gasteiger partial charge < -0.3 is 19.8 Å². The minimum Gasteiger partial charge on any atom is -0.481 e. The van der Waals surface area contributed by atoms with E-state index in [0.29, 0.717) is 26.1 Å². The molecule has 1 saturated heterocycles. The molecule has 2 fully saturated rings. The first kappa shape index (κ1) is 16.1. The molecule has 0 aromatic heterocycles. The fourth-order valence-corrected chi connectivity index (χ4v) is 3.43. The van der Waals surface area contributed by atoms with Crippen molar-refractivity contribution in [1.29, 1.82) is 0 Å². The van der Waals surface area contributed by atoms with Gasteiger partial charge in [-0.2, -0.15) is 0 Å². The van der Waals surface area contributed by atoms with Crippen LogP contribution < -0.4 is 0 Å². The zero-order chi connectivity index (χ0) is 15.6. The van der Waals surface area contributed by atoms with Crippen molar-refractivity contribution in [3.63, 3.8) is 0 Å². The van der Waals surface area contributed by atoms with Crippen LogP contribution >= 0.6 is 0 Å². The standard InChI is InChI=1S/C15H27N3O3/c1-16(2)15(7-5-8-15)11-17(3)14(21)18-9-4-6-12(10-18)13(19)20/h12H,4-11H2,1-3H3,(H,19,20). The van der Waals surface area contributed by atoms with E-state index in [1.807, 2.05) is 7.05 Å². The smallest absolute Gasteiger partial charge is 0.319 e. The van der Waals surface area contributed by atoms with Crippen LogP contribution in [-0.2, 0) is 4.79 Å². The Hall–Kier alpha value is -1.30. The summed E-state index contributed by atoms with van der Waals surface area (Å²) in [6.45, 7) is 1.72. The summed E-state index contributed by atoms with van der Waals surface area (Å²) >= 11 is 0. The maximum absolute atomic E-state index is 12.5. The van der Waals surface area contributed by atoms with Crippen molar-refractivity contribution >= 4 is 12.0 Å². The number of hydrogen-bond acceptors (Lipinski definition) is 3. The van der Waals surface area contributed by atoms with Gasteiger partial charge in [-0.25, -0.2) is 4.79 Å². The molecule has 1 heterocycles. The van der Waals surface area contributed by atoms with Crippen molar-refractivity contribution in [3.05, 3.63) is 0 Å². The Balaban J connectivity index is 1.94. The summed E-state index contributed by atoms with van der Waals surface area (Å²) in [5, 5.41) is 9.12. The van der Waals surface area contributed by atoms with Gasteiger partial charge in [0, 0.05) is 32.2 Å². The summed E-state index contributed by atoms with van der Waals surface area (Å²) in [6.07, 6.45) is 4.90. The number of aliphatic carboxylic acids is 1. The molecule has 1 N–H and O–H groups in total. The van der Waals surface area contributed by atoms with Crippen LogP contribution in [0.1, 0.15) is 32.1 Å². The summed E-state index contributed by atoms with van der Waals surface area (Å²) in [4.78, 5) is 29.3. The summed E-state index contributed by atoms with van der Waals surface area (Å²) in [5.41, 5.74) is 0.104. The molecular weight excluding hydrogens is 270 g/mol. The Bertz CT molecular complexity index is 407. The Labute approximate surface area is 126 Å². The Morgan fingerprint density at radius 3 is 2.38 bits per heavy atom. The van der Waals surface area contributed by atoms with Crippen molar-refractivity contribution in [1.82, 2.24) is 14.7 Å². The molecule has 1 unspecified atom stereocenters. The number of piperidine rings is 1. The lowest BCUT2D eigenvalue weighted by atomic mass is 9.75. The fourth-order valence-electron chi connectivity index (χ4n) is 3.43. The van der Waals surface area contributed by atoms with E-state index >= 15 is 0 Å². The second-order valence-electron chi connectivity index (χ2n) is 6.73. The molecule has 1 aliphatic heterocycles. The van der Waals surface area contributed by atoms with E-state index in [1.54, 1.807) is 9.80 Å². The second-order valence-corrected chi connectivity index (χ2v) is 6.73. The van der Waals surface area contributed by atoms with Crippen LogP contribution in [0.4, 0.5) is 4.79 Å². The summed E-state index contributed by atoms with van der Waals surface area (Å²) in [7, 11) is 5.97. The Kier molecular flexibility index (Phi) is 4.76. The van der Waals surface area contributed by atoms with Crippen LogP contribution in [0.5, 0.6) is 0 Å². The molecule has 0 aromatic rings. The number of hydrogen-bond donors (Lipinski definition) is 1. The zero-order valence-electron chi connectivity index (χ0n) is 13.3. The third-order valence-corrected chi connectivity index (χ3v) is 5.13. The van der Waals surface area contributed by atoms with Gasteiger partial charge in [-0.05, 0) is 46.2 Å². The molecule has 1 aliphatic carbocycles. The van der Waals surface area contributed by atoms with Gasteiger partial charge in [0.2, 0.25) is 0 Å². The van der Waals surface area contributed by atoms with Crippen molar-refractivity contribution in [2.75, 3.05) is 40.8 Å². The molecule has 6 nitrogen and oxygen atoms in total. The van der Waals surface area contributed by atoms with Crippen LogP contribution in [0.15, 0.2) is 0 Å². The van der Waals surface area contributed by atoms with Crippen molar-refractivity contribution in [3.8, 4) is 0 Å². The van der Waals surface area contributed by atoms with Crippen molar-refractivity contribution < 1.29 is 14.7 Å². The largest absolute Gasteiger partial charge is 0.481 e. The van der Waals surface area contributed by atoms with E-state index < -0.39 is 11.9 Å². The van der Waals surface area contributed by atoms with E-state index in [-0.39, 0.29) is 11.6 Å². The normalized spacial score (nSPS) is 24.6. The van der Waals surface area contributed by atoms with Crippen LogP contribution in [0.2, 0.25) is 0 Å². The zero-order valence-corrected chi connectivity index (χ0v) is 13.3.